The van der Waals surface area contributed by atoms with Gasteiger partial charge >= 0.3 is 0 Å². The van der Waals surface area contributed by atoms with Gasteiger partial charge in [-0.25, -0.2) is 4.98 Å². The molecular weight excluding hydrogens is 436 g/mol. The van der Waals surface area contributed by atoms with Gasteiger partial charge in [-0.1, -0.05) is 13.8 Å². The van der Waals surface area contributed by atoms with E-state index in [9.17, 15) is 0 Å². The Morgan fingerprint density at radius 2 is 1.66 bits per heavy atom. The normalized spacial score (nSPS) is 22.9. The van der Waals surface area contributed by atoms with Crippen LogP contribution in [-0.4, -0.2) is 72.3 Å². The molecule has 2 fully saturated rings. The molecule has 0 bridgehead atoms. The summed E-state index contributed by atoms with van der Waals surface area (Å²) in [6, 6.07) is 6.90. The second-order valence-corrected chi connectivity index (χ2v) is 11.4. The number of benzene rings is 1. The zero-order valence-corrected chi connectivity index (χ0v) is 22.2. The van der Waals surface area contributed by atoms with Crippen molar-refractivity contribution in [1.82, 2.24) is 19.4 Å². The van der Waals surface area contributed by atoms with Crippen molar-refractivity contribution in [2.45, 2.75) is 65.0 Å². The highest BCUT2D eigenvalue weighted by molar-refractivity contribution is 5.63. The van der Waals surface area contributed by atoms with E-state index in [2.05, 4.69) is 40.5 Å². The van der Waals surface area contributed by atoms with Gasteiger partial charge in [0.25, 0.3) is 0 Å². The van der Waals surface area contributed by atoms with Crippen molar-refractivity contribution in [3.8, 4) is 22.8 Å². The first-order valence-corrected chi connectivity index (χ1v) is 13.8. The minimum atomic E-state index is 0.756. The van der Waals surface area contributed by atoms with E-state index in [1.807, 2.05) is 12.1 Å². The first-order chi connectivity index (χ1) is 17.0. The highest BCUT2D eigenvalue weighted by atomic mass is 16.5. The standard InChI is InChI=1S/C29H44N4O2/c1-21(2)18-31-13-11-25(12-14-31)32-15-9-22(10-16-32)24-6-8-29-30-26(20-33(29)19-24)23-5-7-27(34-3)28(17-23)35-4/h5,7,17,20-22,24-25H,6,8-16,18-19H2,1-4H3. The zero-order chi connectivity index (χ0) is 24.4. The fourth-order valence-electron chi connectivity index (χ4n) is 6.73. The molecule has 2 aromatic rings. The van der Waals surface area contributed by atoms with Crippen LogP contribution in [0.4, 0.5) is 0 Å². The molecule has 4 heterocycles. The number of nitrogens with zero attached hydrogens (tertiary/aromatic N) is 4. The average molecular weight is 481 g/mol. The Kier molecular flexibility index (Phi) is 7.68. The van der Waals surface area contributed by atoms with E-state index in [0.717, 1.165) is 59.5 Å². The minimum absolute atomic E-state index is 0.756. The van der Waals surface area contributed by atoms with Crippen LogP contribution in [0.2, 0.25) is 0 Å². The van der Waals surface area contributed by atoms with Crippen molar-refractivity contribution in [2.75, 3.05) is 46.9 Å². The molecule has 0 spiro atoms. The molecule has 0 aliphatic carbocycles. The minimum Gasteiger partial charge on any atom is -0.493 e. The van der Waals surface area contributed by atoms with Crippen LogP contribution in [0.15, 0.2) is 24.4 Å². The highest BCUT2D eigenvalue weighted by Crippen LogP contribution is 2.36. The molecule has 0 N–H and O–H groups in total. The second kappa shape index (κ2) is 10.9. The van der Waals surface area contributed by atoms with E-state index >= 15 is 0 Å². The molecule has 3 aliphatic heterocycles. The lowest BCUT2D eigenvalue weighted by Crippen LogP contribution is -2.49. The number of imidazole rings is 1. The van der Waals surface area contributed by atoms with Crippen LogP contribution < -0.4 is 9.47 Å². The van der Waals surface area contributed by atoms with Gasteiger partial charge in [0.2, 0.25) is 0 Å². The second-order valence-electron chi connectivity index (χ2n) is 11.4. The molecule has 1 aromatic heterocycles. The number of aryl methyl sites for hydroxylation is 1. The van der Waals surface area contributed by atoms with Gasteiger partial charge in [-0.3, -0.25) is 0 Å². The fraction of sp³-hybridized carbons (Fsp3) is 0.690. The monoisotopic (exact) mass is 480 g/mol. The fourth-order valence-corrected chi connectivity index (χ4v) is 6.73. The molecular formula is C29H44N4O2. The number of rotatable bonds is 7. The van der Waals surface area contributed by atoms with Crippen LogP contribution in [0.5, 0.6) is 11.5 Å². The van der Waals surface area contributed by atoms with Gasteiger partial charge in [0.1, 0.15) is 5.82 Å². The molecule has 3 aliphatic rings. The van der Waals surface area contributed by atoms with Gasteiger partial charge < -0.3 is 23.8 Å². The van der Waals surface area contributed by atoms with Gasteiger partial charge in [-0.05, 0) is 94.2 Å². The smallest absolute Gasteiger partial charge is 0.161 e. The van der Waals surface area contributed by atoms with Crippen molar-refractivity contribution >= 4 is 0 Å². The molecule has 5 rings (SSSR count). The third-order valence-electron chi connectivity index (χ3n) is 8.65. The summed E-state index contributed by atoms with van der Waals surface area (Å²) in [5.74, 6) is 5.16. The molecule has 6 nitrogen and oxygen atoms in total. The van der Waals surface area contributed by atoms with Crippen molar-refractivity contribution < 1.29 is 9.47 Å². The van der Waals surface area contributed by atoms with Crippen molar-refractivity contribution in [2.24, 2.45) is 17.8 Å². The molecule has 1 atom stereocenters. The van der Waals surface area contributed by atoms with E-state index in [0.29, 0.717) is 0 Å². The number of hydrogen-bond acceptors (Lipinski definition) is 5. The third-order valence-corrected chi connectivity index (χ3v) is 8.65. The van der Waals surface area contributed by atoms with Crippen LogP contribution in [0, 0.1) is 17.8 Å². The molecule has 6 heteroatoms. The summed E-state index contributed by atoms with van der Waals surface area (Å²) < 4.78 is 13.3. The van der Waals surface area contributed by atoms with Crippen LogP contribution >= 0.6 is 0 Å². The van der Waals surface area contributed by atoms with E-state index in [1.54, 1.807) is 14.2 Å². The lowest BCUT2D eigenvalue weighted by molar-refractivity contribution is 0.0570. The largest absolute Gasteiger partial charge is 0.493 e. The molecule has 35 heavy (non-hydrogen) atoms. The number of hydrogen-bond donors (Lipinski definition) is 0. The van der Waals surface area contributed by atoms with Crippen LogP contribution in [-0.2, 0) is 13.0 Å². The van der Waals surface area contributed by atoms with Gasteiger partial charge in [-0.15, -0.1) is 0 Å². The summed E-state index contributed by atoms with van der Waals surface area (Å²) >= 11 is 0. The molecule has 1 aromatic carbocycles. The van der Waals surface area contributed by atoms with E-state index < -0.39 is 0 Å². The van der Waals surface area contributed by atoms with E-state index in [4.69, 9.17) is 14.5 Å². The summed E-state index contributed by atoms with van der Waals surface area (Å²) in [7, 11) is 3.36. The maximum Gasteiger partial charge on any atom is 0.161 e. The summed E-state index contributed by atoms with van der Waals surface area (Å²) in [5, 5.41) is 0. The topological polar surface area (TPSA) is 42.8 Å². The Hall–Kier alpha value is -2.05. The van der Waals surface area contributed by atoms with Gasteiger partial charge in [0.15, 0.2) is 11.5 Å². The maximum atomic E-state index is 5.50. The number of piperidine rings is 2. The summed E-state index contributed by atoms with van der Waals surface area (Å²) in [4.78, 5) is 10.5. The number of likely N-dealkylation sites (tertiary alicyclic amines) is 2. The van der Waals surface area contributed by atoms with E-state index in [-0.39, 0.29) is 0 Å². The first kappa shape index (κ1) is 24.6. The van der Waals surface area contributed by atoms with Crippen LogP contribution in [0.1, 0.15) is 51.8 Å². The Labute approximate surface area is 211 Å². The van der Waals surface area contributed by atoms with E-state index in [1.165, 1.54) is 70.7 Å². The Bertz CT molecular complexity index is 971. The van der Waals surface area contributed by atoms with Crippen LogP contribution in [0.25, 0.3) is 11.3 Å². The van der Waals surface area contributed by atoms with Crippen molar-refractivity contribution in [3.05, 3.63) is 30.2 Å². The molecule has 192 valence electrons. The lowest BCUT2D eigenvalue weighted by Gasteiger charge is -2.44. The first-order valence-electron chi connectivity index (χ1n) is 13.8. The quantitative estimate of drug-likeness (QED) is 0.560. The predicted molar refractivity (Wildman–Crippen MR) is 141 cm³/mol. The molecule has 0 amide bonds. The summed E-state index contributed by atoms with van der Waals surface area (Å²) in [6.45, 7) is 12.2. The third kappa shape index (κ3) is 5.54. The molecule has 0 radical (unpaired) electrons. The SMILES string of the molecule is COc1ccc(-c2cn3c(n2)CCC(C2CCN(C4CCN(CC(C)C)CC4)CC2)C3)cc1OC. The van der Waals surface area contributed by atoms with Gasteiger partial charge in [0, 0.05) is 37.3 Å². The summed E-state index contributed by atoms with van der Waals surface area (Å²) in [6.07, 6.45) is 10.1. The molecule has 1 unspecified atom stereocenters. The number of methoxy groups -OCH3 is 2. The highest BCUT2D eigenvalue weighted by Gasteiger charge is 2.33. The van der Waals surface area contributed by atoms with Crippen LogP contribution in [0.3, 0.4) is 0 Å². The lowest BCUT2D eigenvalue weighted by atomic mass is 9.79. The number of fused-ring (bicyclic) bond motifs is 1. The Morgan fingerprint density at radius 3 is 2.34 bits per heavy atom. The van der Waals surface area contributed by atoms with Crippen molar-refractivity contribution in [3.63, 3.8) is 0 Å². The van der Waals surface area contributed by atoms with Gasteiger partial charge in [-0.2, -0.15) is 0 Å². The average Bonchev–Trinajstić information content (AvgIpc) is 3.32. The number of ether oxygens (including phenoxy) is 2. The number of aromatic nitrogens is 2. The Morgan fingerprint density at radius 1 is 0.914 bits per heavy atom. The van der Waals surface area contributed by atoms with Gasteiger partial charge in [0.05, 0.1) is 19.9 Å². The van der Waals surface area contributed by atoms with Crippen molar-refractivity contribution in [1.29, 1.82) is 0 Å². The Balaban J connectivity index is 1.15. The predicted octanol–water partition coefficient (Wildman–Crippen LogP) is 4.96. The molecule has 2 saturated heterocycles. The summed E-state index contributed by atoms with van der Waals surface area (Å²) in [5.41, 5.74) is 2.13. The zero-order valence-electron chi connectivity index (χ0n) is 22.2. The molecule has 0 saturated carbocycles. The maximum absolute atomic E-state index is 5.50.